The van der Waals surface area contributed by atoms with E-state index in [1.54, 1.807) is 0 Å². The Kier molecular flexibility index (Phi) is 3.59. The predicted octanol–water partition coefficient (Wildman–Crippen LogP) is 4.34. The van der Waals surface area contributed by atoms with Crippen LogP contribution in [0.5, 0.6) is 0 Å². The van der Waals surface area contributed by atoms with Crippen LogP contribution in [-0.2, 0) is 19.4 Å². The maximum absolute atomic E-state index is 12.8. The molecule has 0 saturated heterocycles. The topological polar surface area (TPSA) is 80.7 Å². The summed E-state index contributed by atoms with van der Waals surface area (Å²) in [7, 11) is -4.48. The van der Waals surface area contributed by atoms with Crippen molar-refractivity contribution in [1.82, 2.24) is 0 Å². The van der Waals surface area contributed by atoms with Crippen molar-refractivity contribution in [3.63, 3.8) is 0 Å². The highest BCUT2D eigenvalue weighted by atomic mass is 32.3. The number of Topliss-reactive ketones (excluding diaryl/α,β-unsaturated/α-hetero) is 1. The largest absolute Gasteiger partial charge is 0.397 e. The highest BCUT2D eigenvalue weighted by Crippen LogP contribution is 2.66. The lowest BCUT2D eigenvalue weighted by Crippen LogP contribution is -2.51. The molecule has 0 unspecified atom stereocenters. The average molecular weight is 401 g/mol. The number of ketones is 1. The number of allylic oxidation sites excluding steroid dienone is 1. The monoisotopic (exact) mass is 400 g/mol. The lowest BCUT2D eigenvalue weighted by Gasteiger charge is -2.58. The van der Waals surface area contributed by atoms with Gasteiger partial charge in [0.1, 0.15) is 5.78 Å². The van der Waals surface area contributed by atoms with E-state index in [0.29, 0.717) is 38.0 Å². The smallest absolute Gasteiger partial charge is 0.300 e. The zero-order chi connectivity index (χ0) is 23.0. The van der Waals surface area contributed by atoms with Crippen LogP contribution in [0, 0.1) is 34.5 Å². The molecule has 4 aliphatic carbocycles. The van der Waals surface area contributed by atoms with Gasteiger partial charge in [-0.3, -0.25) is 9.35 Å². The van der Waals surface area contributed by atoms with Gasteiger partial charge < -0.3 is 0 Å². The first-order valence-electron chi connectivity index (χ1n) is 12.0. The molecule has 3 fully saturated rings. The van der Waals surface area contributed by atoms with Crippen molar-refractivity contribution < 1.29 is 27.4 Å². The number of rotatable bonds is 3. The number of carbonyl (C=O) groups is 1. The molecule has 0 aromatic rings. The van der Waals surface area contributed by atoms with Gasteiger partial charge in [0.2, 0.25) is 0 Å². The second-order valence-electron chi connectivity index (χ2n) is 9.45. The molecular formula is C21H32O5S. The van der Waals surface area contributed by atoms with Crippen molar-refractivity contribution in [1.29, 1.82) is 0 Å². The van der Waals surface area contributed by atoms with Crippen LogP contribution in [0.4, 0.5) is 0 Å². The summed E-state index contributed by atoms with van der Waals surface area (Å²) >= 11 is 0. The van der Waals surface area contributed by atoms with E-state index in [4.69, 9.17) is 14.2 Å². The fourth-order valence-corrected chi connectivity index (χ4v) is 7.58. The molecule has 0 aromatic carbocycles. The van der Waals surface area contributed by atoms with E-state index in [2.05, 4.69) is 13.0 Å². The van der Waals surface area contributed by atoms with Crippen molar-refractivity contribution in [2.45, 2.75) is 78.2 Å². The molecule has 7 atom stereocenters. The Morgan fingerprint density at radius 1 is 1.26 bits per heavy atom. The Bertz CT molecular complexity index is 915. The molecule has 0 radical (unpaired) electrons. The highest BCUT2D eigenvalue weighted by Gasteiger charge is 2.59. The zero-order valence-corrected chi connectivity index (χ0v) is 16.8. The van der Waals surface area contributed by atoms with Gasteiger partial charge in [-0.25, -0.2) is 4.18 Å². The lowest BCUT2D eigenvalue weighted by molar-refractivity contribution is -0.127. The highest BCUT2D eigenvalue weighted by molar-refractivity contribution is 7.80. The fourth-order valence-electron chi connectivity index (χ4n) is 7.07. The second-order valence-corrected chi connectivity index (χ2v) is 10.5. The first-order valence-corrected chi connectivity index (χ1v) is 11.4. The van der Waals surface area contributed by atoms with Gasteiger partial charge in [0.05, 0.1) is 6.10 Å². The molecule has 4 rings (SSSR count). The summed E-state index contributed by atoms with van der Waals surface area (Å²) in [4.78, 5) is 12.8. The Labute approximate surface area is 168 Å². The van der Waals surface area contributed by atoms with Crippen LogP contribution in [0.1, 0.15) is 77.5 Å². The van der Waals surface area contributed by atoms with Crippen LogP contribution in [0.15, 0.2) is 11.6 Å². The molecule has 3 saturated carbocycles. The van der Waals surface area contributed by atoms with Crippen molar-refractivity contribution in [3.8, 4) is 0 Å². The van der Waals surface area contributed by atoms with Crippen molar-refractivity contribution in [2.24, 2.45) is 34.5 Å². The summed E-state index contributed by atoms with van der Waals surface area (Å²) in [6.45, 7) is 1.42. The minimum absolute atomic E-state index is 0.107. The van der Waals surface area contributed by atoms with Crippen molar-refractivity contribution in [3.05, 3.63) is 11.6 Å². The van der Waals surface area contributed by atoms with Gasteiger partial charge in [-0.15, -0.1) is 0 Å². The Morgan fingerprint density at radius 3 is 2.74 bits per heavy atom. The van der Waals surface area contributed by atoms with E-state index in [0.717, 1.165) is 19.3 Å². The third-order valence-electron chi connectivity index (χ3n) is 8.37. The molecule has 0 aromatic heterocycles. The summed E-state index contributed by atoms with van der Waals surface area (Å²) in [5.74, 6) is -1.73. The Morgan fingerprint density at radius 2 is 2.04 bits per heavy atom. The van der Waals surface area contributed by atoms with E-state index in [1.807, 2.05) is 6.92 Å². The molecule has 0 heterocycles. The molecule has 0 spiro atoms. The van der Waals surface area contributed by atoms with Gasteiger partial charge in [-0.2, -0.15) is 8.42 Å². The molecule has 0 bridgehead atoms. The maximum atomic E-state index is 12.8. The molecule has 0 amide bonds. The molecule has 5 nitrogen and oxygen atoms in total. The first-order chi connectivity index (χ1) is 14.1. The number of carbonyl (C=O) groups excluding carboxylic acids is 1. The molecular weight excluding hydrogens is 364 g/mol. The van der Waals surface area contributed by atoms with E-state index in [9.17, 15) is 13.2 Å². The second kappa shape index (κ2) is 6.39. The molecule has 6 heteroatoms. The maximum Gasteiger partial charge on any atom is 0.397 e. The summed E-state index contributed by atoms with van der Waals surface area (Å²) < 4.78 is 68.0. The van der Waals surface area contributed by atoms with Crippen LogP contribution < -0.4 is 0 Å². The van der Waals surface area contributed by atoms with Gasteiger partial charge in [-0.05, 0) is 86.8 Å². The SMILES string of the molecule is [2H]C([2H])([2H])C(=O)[C@@]1([2H])CC[C@H]2[C@@H]3CC=C4C[C@@H](OS(=O)(=O)O)CC[C@]4(C)[C@H]3CC[C@@]21C. The fraction of sp³-hybridized carbons (Fsp3) is 0.857. The van der Waals surface area contributed by atoms with Gasteiger partial charge in [0, 0.05) is 11.4 Å². The number of hydrogen-bond acceptors (Lipinski definition) is 4. The summed E-state index contributed by atoms with van der Waals surface area (Å²) in [5.41, 5.74) is 0.419. The summed E-state index contributed by atoms with van der Waals surface area (Å²) in [5, 5.41) is 0. The van der Waals surface area contributed by atoms with E-state index in [-0.39, 0.29) is 17.3 Å². The number of hydrogen-bond donors (Lipinski definition) is 1. The van der Waals surface area contributed by atoms with Crippen LogP contribution >= 0.6 is 0 Å². The van der Waals surface area contributed by atoms with Gasteiger partial charge >= 0.3 is 10.4 Å². The zero-order valence-electron chi connectivity index (χ0n) is 20.0. The molecule has 4 aliphatic rings. The Hall–Kier alpha value is -0.720. The molecule has 0 aliphatic heterocycles. The van der Waals surface area contributed by atoms with Crippen LogP contribution in [-0.4, -0.2) is 24.9 Å². The van der Waals surface area contributed by atoms with Gasteiger partial charge in [-0.1, -0.05) is 25.5 Å². The molecule has 152 valence electrons. The first kappa shape index (κ1) is 15.2. The third kappa shape index (κ3) is 3.12. The van der Waals surface area contributed by atoms with Crippen LogP contribution in [0.3, 0.4) is 0 Å². The quantitative estimate of drug-likeness (QED) is 0.563. The van der Waals surface area contributed by atoms with Crippen LogP contribution in [0.25, 0.3) is 0 Å². The summed E-state index contributed by atoms with van der Waals surface area (Å²) in [6, 6.07) is 0. The standard InChI is InChI=1S/C21H32O5S/c1-13(22)17-6-7-18-16-5-4-14-12-15(26-27(23,24)25)8-10-20(14,2)19(16)9-11-21(17,18)3/h4,15-19H,5-12H2,1-3H3,(H,23,24,25)/t15-,16-,17+,18-,19-,20-,21+/m0/s1/i1D3,17D. The lowest BCUT2D eigenvalue weighted by atomic mass is 9.47. The minimum atomic E-state index is -4.48. The average Bonchev–Trinajstić information content (AvgIpc) is 2.91. The van der Waals surface area contributed by atoms with Crippen molar-refractivity contribution >= 4 is 16.2 Å². The Balaban J connectivity index is 1.61. The van der Waals surface area contributed by atoms with Gasteiger partial charge in [0.15, 0.2) is 0 Å². The predicted molar refractivity (Wildman–Crippen MR) is 102 cm³/mol. The summed E-state index contributed by atoms with van der Waals surface area (Å²) in [6.07, 6.45) is 6.63. The van der Waals surface area contributed by atoms with E-state index < -0.39 is 40.4 Å². The van der Waals surface area contributed by atoms with Crippen molar-refractivity contribution in [2.75, 3.05) is 0 Å². The third-order valence-corrected chi connectivity index (χ3v) is 8.89. The normalized spacial score (nSPS) is 52.2. The van der Waals surface area contributed by atoms with E-state index >= 15 is 0 Å². The molecule has 1 N–H and O–H groups in total. The van der Waals surface area contributed by atoms with E-state index in [1.165, 1.54) is 5.57 Å². The minimum Gasteiger partial charge on any atom is -0.300 e. The van der Waals surface area contributed by atoms with Crippen LogP contribution in [0.2, 0.25) is 0 Å². The molecule has 27 heavy (non-hydrogen) atoms. The number of fused-ring (bicyclic) bond motifs is 5. The van der Waals surface area contributed by atoms with Gasteiger partial charge in [0.25, 0.3) is 0 Å².